The molecule has 1 aliphatic heterocycles. The molecule has 0 amide bonds. The lowest BCUT2D eigenvalue weighted by Gasteiger charge is -2.35. The van der Waals surface area contributed by atoms with E-state index in [4.69, 9.17) is 14.5 Å². The van der Waals surface area contributed by atoms with Crippen LogP contribution in [0.25, 0.3) is 11.3 Å². The zero-order chi connectivity index (χ0) is 19.8. The minimum atomic E-state index is -0.231. The third kappa shape index (κ3) is 6.42. The van der Waals surface area contributed by atoms with Crippen molar-refractivity contribution >= 4 is 29.9 Å². The highest BCUT2D eigenvalue weighted by Gasteiger charge is 2.32. The Hall–Kier alpha value is -1.65. The Bertz CT molecular complexity index is 759. The van der Waals surface area contributed by atoms with Gasteiger partial charge in [-0.15, -0.1) is 24.0 Å². The van der Waals surface area contributed by atoms with Crippen molar-refractivity contribution in [3.05, 3.63) is 42.4 Å². The smallest absolute Gasteiger partial charge is 0.194 e. The first kappa shape index (κ1) is 23.6. The number of H-pyrrole nitrogens is 1. The van der Waals surface area contributed by atoms with Crippen LogP contribution in [-0.2, 0) is 16.0 Å². The normalized spacial score (nSPS) is 16.2. The number of rotatable bonds is 7. The molecule has 2 heterocycles. The second kappa shape index (κ2) is 11.5. The number of aromatic nitrogens is 2. The number of methoxy groups -OCH3 is 1. The Kier molecular flexibility index (Phi) is 9.38. The summed E-state index contributed by atoms with van der Waals surface area (Å²) in [5.41, 5.74) is 1.92. The molecule has 3 rings (SSSR count). The van der Waals surface area contributed by atoms with E-state index in [1.54, 1.807) is 7.11 Å². The van der Waals surface area contributed by atoms with Crippen molar-refractivity contribution in [2.75, 3.05) is 40.5 Å². The van der Waals surface area contributed by atoms with Crippen molar-refractivity contribution in [1.29, 1.82) is 0 Å². The third-order valence-electron chi connectivity index (χ3n) is 5.15. The topological polar surface area (TPSA) is 74.8 Å². The third-order valence-corrected chi connectivity index (χ3v) is 5.15. The van der Waals surface area contributed by atoms with E-state index in [2.05, 4.69) is 39.2 Å². The predicted octanol–water partition coefficient (Wildman–Crippen LogP) is 3.29. The Morgan fingerprint density at radius 3 is 2.69 bits per heavy atom. The molecule has 7 nitrogen and oxygen atoms in total. The summed E-state index contributed by atoms with van der Waals surface area (Å²) < 4.78 is 11.3. The Balaban J connectivity index is 0.00000300. The highest BCUT2D eigenvalue weighted by Crippen LogP contribution is 2.25. The lowest BCUT2D eigenvalue weighted by Crippen LogP contribution is -2.44. The van der Waals surface area contributed by atoms with Crippen LogP contribution in [0.3, 0.4) is 0 Å². The van der Waals surface area contributed by atoms with Gasteiger partial charge in [0.05, 0.1) is 30.6 Å². The number of nitrogens with one attached hydrogen (secondary N) is 2. The number of hydrogen-bond donors (Lipinski definition) is 2. The van der Waals surface area contributed by atoms with Gasteiger partial charge in [0.15, 0.2) is 5.96 Å². The van der Waals surface area contributed by atoms with Gasteiger partial charge in [0.2, 0.25) is 0 Å². The molecule has 0 atom stereocenters. The summed E-state index contributed by atoms with van der Waals surface area (Å²) in [6.45, 7) is 5.59. The molecule has 0 spiro atoms. The summed E-state index contributed by atoms with van der Waals surface area (Å²) in [7, 11) is 3.79. The first-order chi connectivity index (χ1) is 13.7. The van der Waals surface area contributed by atoms with Crippen molar-refractivity contribution in [2.45, 2.75) is 31.9 Å². The van der Waals surface area contributed by atoms with E-state index in [0.29, 0.717) is 13.1 Å². The van der Waals surface area contributed by atoms with E-state index in [1.165, 1.54) is 0 Å². The molecule has 8 heteroatoms. The van der Waals surface area contributed by atoms with Crippen LogP contribution in [0.15, 0.2) is 41.5 Å². The first-order valence-electron chi connectivity index (χ1n) is 9.87. The summed E-state index contributed by atoms with van der Waals surface area (Å²) in [5.74, 6) is 1.75. The Morgan fingerprint density at radius 2 is 2.03 bits per heavy atom. The molecule has 2 N–H and O–H groups in total. The fraction of sp³-hybridized carbons (Fsp3) is 0.524. The summed E-state index contributed by atoms with van der Waals surface area (Å²) in [5, 5.41) is 3.37. The molecule has 1 aromatic carbocycles. The number of benzene rings is 1. The van der Waals surface area contributed by atoms with E-state index in [1.807, 2.05) is 31.4 Å². The summed E-state index contributed by atoms with van der Waals surface area (Å²) in [4.78, 5) is 14.9. The first-order valence-corrected chi connectivity index (χ1v) is 9.87. The number of aliphatic imine (C=N–C) groups is 1. The highest BCUT2D eigenvalue weighted by molar-refractivity contribution is 14.0. The molecular weight excluding hydrogens is 481 g/mol. The number of guanidine groups is 1. The number of hydrogen-bond acceptors (Lipinski definition) is 4. The van der Waals surface area contributed by atoms with Crippen LogP contribution in [0.4, 0.5) is 0 Å². The van der Waals surface area contributed by atoms with Crippen LogP contribution in [-0.4, -0.2) is 66.9 Å². The van der Waals surface area contributed by atoms with E-state index < -0.39 is 0 Å². The van der Waals surface area contributed by atoms with Gasteiger partial charge in [0.1, 0.15) is 5.82 Å². The lowest BCUT2D eigenvalue weighted by atomic mass is 9.94. The average molecular weight is 513 g/mol. The summed E-state index contributed by atoms with van der Waals surface area (Å²) in [6, 6.07) is 10.2. The quantitative estimate of drug-likeness (QED) is 0.338. The SMILES string of the molecule is CCNC(=NCC1(OC)CCOCC1)N(C)Cc1ncc(-c2ccccc2)[nH]1.I. The van der Waals surface area contributed by atoms with Gasteiger partial charge in [0, 0.05) is 46.8 Å². The highest BCUT2D eigenvalue weighted by atomic mass is 127. The van der Waals surface area contributed by atoms with Crippen LogP contribution in [0.2, 0.25) is 0 Å². The minimum absolute atomic E-state index is 0. The van der Waals surface area contributed by atoms with Crippen molar-refractivity contribution in [1.82, 2.24) is 20.2 Å². The second-order valence-corrected chi connectivity index (χ2v) is 7.14. The fourth-order valence-corrected chi connectivity index (χ4v) is 3.37. The average Bonchev–Trinajstić information content (AvgIpc) is 3.21. The zero-order valence-corrected chi connectivity index (χ0v) is 19.8. The molecule has 0 unspecified atom stereocenters. The number of aromatic amines is 1. The van der Waals surface area contributed by atoms with Gasteiger partial charge < -0.3 is 24.7 Å². The van der Waals surface area contributed by atoms with Crippen molar-refractivity contribution in [3.8, 4) is 11.3 Å². The molecule has 0 bridgehead atoms. The molecule has 0 radical (unpaired) electrons. The largest absolute Gasteiger partial charge is 0.381 e. The molecule has 2 aromatic rings. The molecule has 0 aliphatic carbocycles. The lowest BCUT2D eigenvalue weighted by molar-refractivity contribution is -0.0829. The number of ether oxygens (including phenoxy) is 2. The van der Waals surface area contributed by atoms with Crippen LogP contribution >= 0.6 is 24.0 Å². The van der Waals surface area contributed by atoms with Gasteiger partial charge in [-0.05, 0) is 12.5 Å². The molecule has 1 aromatic heterocycles. The van der Waals surface area contributed by atoms with Crippen LogP contribution in [0.1, 0.15) is 25.6 Å². The van der Waals surface area contributed by atoms with Crippen LogP contribution in [0, 0.1) is 0 Å². The van der Waals surface area contributed by atoms with Crippen molar-refractivity contribution in [3.63, 3.8) is 0 Å². The van der Waals surface area contributed by atoms with Gasteiger partial charge in [-0.2, -0.15) is 0 Å². The summed E-state index contributed by atoms with van der Waals surface area (Å²) in [6.07, 6.45) is 3.62. The fourth-order valence-electron chi connectivity index (χ4n) is 3.37. The maximum Gasteiger partial charge on any atom is 0.194 e. The predicted molar refractivity (Wildman–Crippen MR) is 127 cm³/mol. The Morgan fingerprint density at radius 1 is 1.31 bits per heavy atom. The number of nitrogens with zero attached hydrogens (tertiary/aromatic N) is 3. The van der Waals surface area contributed by atoms with Crippen LogP contribution in [0.5, 0.6) is 0 Å². The number of halogens is 1. The second-order valence-electron chi connectivity index (χ2n) is 7.14. The van der Waals surface area contributed by atoms with Crippen molar-refractivity contribution < 1.29 is 9.47 Å². The standard InChI is InChI=1S/C21H31N5O2.HI/c1-4-22-20(24-16-21(27-3)10-12-28-13-11-21)26(2)15-19-23-14-18(25-19)17-8-6-5-7-9-17;/h5-9,14H,4,10-13,15-16H2,1-3H3,(H,22,24)(H,23,25);1H. The maximum absolute atomic E-state index is 5.81. The molecular formula is C21H32IN5O2. The molecule has 1 aliphatic rings. The van der Waals surface area contributed by atoms with Crippen LogP contribution < -0.4 is 5.32 Å². The van der Waals surface area contributed by atoms with Gasteiger partial charge in [-0.3, -0.25) is 4.99 Å². The zero-order valence-electron chi connectivity index (χ0n) is 17.5. The molecule has 29 heavy (non-hydrogen) atoms. The van der Waals surface area contributed by atoms with Gasteiger partial charge in [0.25, 0.3) is 0 Å². The van der Waals surface area contributed by atoms with Gasteiger partial charge >= 0.3 is 0 Å². The van der Waals surface area contributed by atoms with Gasteiger partial charge in [-0.1, -0.05) is 30.3 Å². The van der Waals surface area contributed by atoms with E-state index in [9.17, 15) is 0 Å². The summed E-state index contributed by atoms with van der Waals surface area (Å²) >= 11 is 0. The molecule has 0 saturated carbocycles. The maximum atomic E-state index is 5.81. The minimum Gasteiger partial charge on any atom is -0.381 e. The molecule has 160 valence electrons. The number of imidazole rings is 1. The Labute approximate surface area is 190 Å². The van der Waals surface area contributed by atoms with Crippen molar-refractivity contribution in [2.24, 2.45) is 4.99 Å². The molecule has 1 saturated heterocycles. The molecule has 1 fully saturated rings. The van der Waals surface area contributed by atoms with E-state index in [-0.39, 0.29) is 29.6 Å². The van der Waals surface area contributed by atoms with Gasteiger partial charge in [-0.25, -0.2) is 4.98 Å². The van der Waals surface area contributed by atoms with E-state index >= 15 is 0 Å². The van der Waals surface area contributed by atoms with E-state index in [0.717, 1.165) is 55.6 Å². The monoisotopic (exact) mass is 513 g/mol.